The van der Waals surface area contributed by atoms with Crippen LogP contribution in [-0.4, -0.2) is 63.6 Å². The second kappa shape index (κ2) is 6.66. The van der Waals surface area contributed by atoms with E-state index in [9.17, 15) is 0 Å². The third-order valence-corrected chi connectivity index (χ3v) is 4.92. The summed E-state index contributed by atoms with van der Waals surface area (Å²) in [6.45, 7) is 8.64. The molecule has 0 spiro atoms. The standard InChI is InChI=1S/C17H25N5O2/c1-13-5-16(19-24-13)11-22-10-15-9-21(3-4-23-17(15)12-22)8-14-6-18-20(2)7-14/h5-7,15,17H,3-4,8-12H2,1-2H3/t15-,17+/m0/s1. The number of ether oxygens (including phenoxy) is 1. The maximum Gasteiger partial charge on any atom is 0.133 e. The summed E-state index contributed by atoms with van der Waals surface area (Å²) in [5.41, 5.74) is 2.28. The lowest BCUT2D eigenvalue weighted by molar-refractivity contribution is 0.0509. The van der Waals surface area contributed by atoms with Crippen LogP contribution in [0.25, 0.3) is 0 Å². The Balaban J connectivity index is 1.36. The minimum absolute atomic E-state index is 0.330. The molecule has 2 aromatic heterocycles. The summed E-state index contributed by atoms with van der Waals surface area (Å²) in [6.07, 6.45) is 4.38. The van der Waals surface area contributed by atoms with E-state index in [1.54, 1.807) is 0 Å². The van der Waals surface area contributed by atoms with E-state index in [1.165, 1.54) is 5.56 Å². The molecule has 2 aliphatic rings. The molecule has 2 saturated heterocycles. The molecule has 2 fully saturated rings. The van der Waals surface area contributed by atoms with Crippen molar-refractivity contribution < 1.29 is 9.26 Å². The van der Waals surface area contributed by atoms with Gasteiger partial charge in [0.25, 0.3) is 0 Å². The maximum atomic E-state index is 6.13. The van der Waals surface area contributed by atoms with Gasteiger partial charge >= 0.3 is 0 Å². The molecule has 0 radical (unpaired) electrons. The van der Waals surface area contributed by atoms with E-state index in [-0.39, 0.29) is 0 Å². The Bertz CT molecular complexity index is 682. The van der Waals surface area contributed by atoms with Crippen molar-refractivity contribution in [1.29, 1.82) is 0 Å². The Morgan fingerprint density at radius 3 is 2.83 bits per heavy atom. The van der Waals surface area contributed by atoms with E-state index in [2.05, 4.69) is 26.3 Å². The topological polar surface area (TPSA) is 59.6 Å². The molecule has 0 aromatic carbocycles. The van der Waals surface area contributed by atoms with Crippen molar-refractivity contribution in [2.75, 3.05) is 32.8 Å². The quantitative estimate of drug-likeness (QED) is 0.835. The molecule has 2 atom stereocenters. The van der Waals surface area contributed by atoms with Gasteiger partial charge in [0.2, 0.25) is 0 Å². The van der Waals surface area contributed by atoms with Crippen LogP contribution in [0, 0.1) is 12.8 Å². The van der Waals surface area contributed by atoms with E-state index in [0.717, 1.165) is 57.3 Å². The van der Waals surface area contributed by atoms with Gasteiger partial charge in [0.1, 0.15) is 5.76 Å². The molecule has 0 saturated carbocycles. The lowest BCUT2D eigenvalue weighted by atomic mass is 10.1. The molecule has 7 heteroatoms. The van der Waals surface area contributed by atoms with Gasteiger partial charge in [-0.25, -0.2) is 0 Å². The number of hydrogen-bond acceptors (Lipinski definition) is 6. The molecular weight excluding hydrogens is 306 g/mol. The van der Waals surface area contributed by atoms with Crippen molar-refractivity contribution >= 4 is 0 Å². The number of rotatable bonds is 4. The highest BCUT2D eigenvalue weighted by molar-refractivity contribution is 5.05. The van der Waals surface area contributed by atoms with Crippen LogP contribution in [0.5, 0.6) is 0 Å². The summed E-state index contributed by atoms with van der Waals surface area (Å²) in [5.74, 6) is 1.43. The van der Waals surface area contributed by atoms with E-state index in [1.807, 2.05) is 30.9 Å². The number of hydrogen-bond donors (Lipinski definition) is 0. The minimum atomic E-state index is 0.330. The molecule has 0 N–H and O–H groups in total. The van der Waals surface area contributed by atoms with Gasteiger partial charge in [-0.2, -0.15) is 5.10 Å². The minimum Gasteiger partial charge on any atom is -0.375 e. The van der Waals surface area contributed by atoms with Crippen LogP contribution >= 0.6 is 0 Å². The monoisotopic (exact) mass is 331 g/mol. The third-order valence-electron chi connectivity index (χ3n) is 4.92. The number of aromatic nitrogens is 3. The molecule has 0 bridgehead atoms. The van der Waals surface area contributed by atoms with E-state index in [4.69, 9.17) is 9.26 Å². The van der Waals surface area contributed by atoms with E-state index < -0.39 is 0 Å². The first-order valence-electron chi connectivity index (χ1n) is 8.62. The van der Waals surface area contributed by atoms with Gasteiger partial charge in [-0.3, -0.25) is 14.5 Å². The predicted octanol–water partition coefficient (Wildman–Crippen LogP) is 1.05. The molecule has 0 unspecified atom stereocenters. The van der Waals surface area contributed by atoms with Gasteiger partial charge in [-0.05, 0) is 6.92 Å². The van der Waals surface area contributed by atoms with Crippen LogP contribution < -0.4 is 0 Å². The van der Waals surface area contributed by atoms with Crippen molar-refractivity contribution in [3.8, 4) is 0 Å². The first-order chi connectivity index (χ1) is 11.7. The second-order valence-electron chi connectivity index (χ2n) is 7.05. The highest BCUT2D eigenvalue weighted by Crippen LogP contribution is 2.25. The van der Waals surface area contributed by atoms with Gasteiger partial charge in [0, 0.05) is 70.1 Å². The van der Waals surface area contributed by atoms with Crippen molar-refractivity contribution in [1.82, 2.24) is 24.7 Å². The van der Waals surface area contributed by atoms with Crippen LogP contribution in [0.1, 0.15) is 17.0 Å². The van der Waals surface area contributed by atoms with Crippen LogP contribution in [0.4, 0.5) is 0 Å². The normalized spacial score (nSPS) is 25.8. The zero-order valence-electron chi connectivity index (χ0n) is 14.4. The molecule has 7 nitrogen and oxygen atoms in total. The summed E-state index contributed by atoms with van der Waals surface area (Å²) in [6, 6.07) is 2.02. The summed E-state index contributed by atoms with van der Waals surface area (Å²) in [7, 11) is 1.96. The SMILES string of the molecule is Cc1cc(CN2C[C@@H]3CN(Cc4cnn(C)c4)CCO[C@@H]3C2)no1. The van der Waals surface area contributed by atoms with Gasteiger partial charge in [-0.1, -0.05) is 5.16 Å². The lowest BCUT2D eigenvalue weighted by Gasteiger charge is -2.22. The van der Waals surface area contributed by atoms with Gasteiger partial charge in [0.05, 0.1) is 24.6 Å². The van der Waals surface area contributed by atoms with E-state index in [0.29, 0.717) is 12.0 Å². The molecule has 2 aliphatic heterocycles. The van der Waals surface area contributed by atoms with Gasteiger partial charge < -0.3 is 9.26 Å². The summed E-state index contributed by atoms with van der Waals surface area (Å²) < 4.78 is 13.2. The Hall–Kier alpha value is -1.70. The van der Waals surface area contributed by atoms with Gasteiger partial charge in [-0.15, -0.1) is 0 Å². The fourth-order valence-corrected chi connectivity index (χ4v) is 3.85. The Morgan fingerprint density at radius 2 is 2.08 bits per heavy atom. The molecule has 24 heavy (non-hydrogen) atoms. The molecule has 0 amide bonds. The van der Waals surface area contributed by atoms with Crippen molar-refractivity contribution in [2.45, 2.75) is 26.1 Å². The number of fused-ring (bicyclic) bond motifs is 1. The average Bonchev–Trinajstić information content (AvgIpc) is 3.20. The fourth-order valence-electron chi connectivity index (χ4n) is 3.85. The van der Waals surface area contributed by atoms with Crippen LogP contribution in [0.3, 0.4) is 0 Å². The molecular formula is C17H25N5O2. The molecule has 2 aromatic rings. The zero-order valence-corrected chi connectivity index (χ0v) is 14.4. The van der Waals surface area contributed by atoms with Gasteiger partial charge in [0.15, 0.2) is 0 Å². The first-order valence-corrected chi connectivity index (χ1v) is 8.62. The zero-order chi connectivity index (χ0) is 16.5. The Kier molecular flexibility index (Phi) is 4.39. The maximum absolute atomic E-state index is 6.13. The van der Waals surface area contributed by atoms with Crippen LogP contribution in [0.15, 0.2) is 23.0 Å². The Morgan fingerprint density at radius 1 is 1.21 bits per heavy atom. The molecule has 130 valence electrons. The van der Waals surface area contributed by atoms with Crippen LogP contribution in [0.2, 0.25) is 0 Å². The average molecular weight is 331 g/mol. The molecule has 0 aliphatic carbocycles. The van der Waals surface area contributed by atoms with E-state index >= 15 is 0 Å². The van der Waals surface area contributed by atoms with Crippen molar-refractivity contribution in [2.24, 2.45) is 13.0 Å². The summed E-state index contributed by atoms with van der Waals surface area (Å²) in [5, 5.41) is 8.38. The smallest absolute Gasteiger partial charge is 0.133 e. The second-order valence-corrected chi connectivity index (χ2v) is 7.05. The highest BCUT2D eigenvalue weighted by Gasteiger charge is 2.36. The predicted molar refractivity (Wildman–Crippen MR) is 88.2 cm³/mol. The highest BCUT2D eigenvalue weighted by atomic mass is 16.5. The molecule has 4 heterocycles. The first kappa shape index (κ1) is 15.8. The number of nitrogens with zero attached hydrogens (tertiary/aromatic N) is 5. The molecule has 4 rings (SSSR count). The van der Waals surface area contributed by atoms with Crippen LogP contribution in [-0.2, 0) is 24.9 Å². The lowest BCUT2D eigenvalue weighted by Crippen LogP contribution is -2.32. The number of aryl methyl sites for hydroxylation is 2. The van der Waals surface area contributed by atoms with Crippen molar-refractivity contribution in [3.05, 3.63) is 35.5 Å². The third kappa shape index (κ3) is 3.53. The fraction of sp³-hybridized carbons (Fsp3) is 0.647. The largest absolute Gasteiger partial charge is 0.375 e. The number of likely N-dealkylation sites (tertiary alicyclic amines) is 1. The Labute approximate surface area is 142 Å². The summed E-state index contributed by atoms with van der Waals surface area (Å²) in [4.78, 5) is 4.92. The van der Waals surface area contributed by atoms with Crippen molar-refractivity contribution in [3.63, 3.8) is 0 Å². The summed E-state index contributed by atoms with van der Waals surface area (Å²) >= 11 is 0.